The summed E-state index contributed by atoms with van der Waals surface area (Å²) in [6.07, 6.45) is 1.59. The number of benzene rings is 2. The van der Waals surface area contributed by atoms with Crippen LogP contribution in [0, 0.1) is 0 Å². The van der Waals surface area contributed by atoms with E-state index in [0.717, 1.165) is 18.4 Å². The van der Waals surface area contributed by atoms with Gasteiger partial charge >= 0.3 is 0 Å². The predicted molar refractivity (Wildman–Crippen MR) is 149 cm³/mol. The molecule has 0 spiro atoms. The number of halogens is 1. The Morgan fingerprint density at radius 2 is 1.86 bits per heavy atom. The molecule has 4 rings (SSSR count). The average molecular weight is 523 g/mol. The van der Waals surface area contributed by atoms with E-state index in [4.69, 9.17) is 11.6 Å². The quantitative estimate of drug-likeness (QED) is 0.346. The normalized spacial score (nSPS) is 16.4. The van der Waals surface area contributed by atoms with Gasteiger partial charge in [-0.25, -0.2) is 0 Å². The molecule has 0 saturated heterocycles. The highest BCUT2D eigenvalue weighted by Crippen LogP contribution is 2.38. The molecule has 4 nitrogen and oxygen atoms in total. The first kappa shape index (κ1) is 26.4. The van der Waals surface area contributed by atoms with E-state index in [1.165, 1.54) is 16.0 Å². The molecule has 0 fully saturated rings. The maximum atomic E-state index is 13.9. The zero-order chi connectivity index (χ0) is 26.0. The number of carbonyl (C=O) groups excluding carboxylic acids is 2. The van der Waals surface area contributed by atoms with Gasteiger partial charge in [-0.3, -0.25) is 9.59 Å². The van der Waals surface area contributed by atoms with Crippen LogP contribution in [0.15, 0.2) is 60.0 Å². The van der Waals surface area contributed by atoms with Gasteiger partial charge in [0.2, 0.25) is 5.91 Å². The van der Waals surface area contributed by atoms with Crippen molar-refractivity contribution in [2.45, 2.75) is 65.0 Å². The third-order valence-corrected chi connectivity index (χ3v) is 8.37. The minimum Gasteiger partial charge on any atom is -0.330 e. The van der Waals surface area contributed by atoms with Gasteiger partial charge in [0.05, 0.1) is 6.04 Å². The first-order chi connectivity index (χ1) is 17.1. The largest absolute Gasteiger partial charge is 0.330 e. The molecule has 6 heteroatoms. The second kappa shape index (κ2) is 10.8. The van der Waals surface area contributed by atoms with E-state index in [-0.39, 0.29) is 35.9 Å². The Morgan fingerprint density at radius 1 is 1.14 bits per heavy atom. The molecule has 2 atom stereocenters. The number of hydrogen-bond donors (Lipinski definition) is 0. The number of amides is 2. The number of fused-ring (bicyclic) bond motifs is 1. The fourth-order valence-electron chi connectivity index (χ4n) is 4.78. The number of hydrogen-bond acceptors (Lipinski definition) is 3. The molecule has 0 bridgehead atoms. The smallest absolute Gasteiger partial charge is 0.254 e. The van der Waals surface area contributed by atoms with Crippen LogP contribution in [0.1, 0.15) is 79.0 Å². The van der Waals surface area contributed by atoms with Crippen molar-refractivity contribution < 1.29 is 9.59 Å². The van der Waals surface area contributed by atoms with Crippen molar-refractivity contribution in [3.8, 4) is 0 Å². The second-order valence-corrected chi connectivity index (χ2v) is 12.0. The van der Waals surface area contributed by atoms with Crippen LogP contribution in [0.3, 0.4) is 0 Å². The van der Waals surface area contributed by atoms with E-state index in [2.05, 4.69) is 56.5 Å². The summed E-state index contributed by atoms with van der Waals surface area (Å²) in [5, 5.41) is 2.62. The van der Waals surface area contributed by atoms with Gasteiger partial charge in [0.15, 0.2) is 0 Å². The van der Waals surface area contributed by atoms with Crippen molar-refractivity contribution in [1.29, 1.82) is 0 Å². The highest BCUT2D eigenvalue weighted by molar-refractivity contribution is 7.10. The van der Waals surface area contributed by atoms with Crippen molar-refractivity contribution in [3.05, 3.63) is 92.1 Å². The summed E-state index contributed by atoms with van der Waals surface area (Å²) in [6, 6.07) is 17.5. The number of nitrogens with zero attached hydrogens (tertiary/aromatic N) is 2. The molecular formula is C30H35ClN2O2S. The van der Waals surface area contributed by atoms with Crippen LogP contribution in [0.4, 0.5) is 0 Å². The molecule has 2 aromatic carbocycles. The zero-order valence-electron chi connectivity index (χ0n) is 21.8. The molecule has 190 valence electrons. The van der Waals surface area contributed by atoms with Crippen molar-refractivity contribution in [2.75, 3.05) is 13.1 Å². The number of thiophene rings is 1. The highest BCUT2D eigenvalue weighted by Gasteiger charge is 2.35. The molecule has 36 heavy (non-hydrogen) atoms. The topological polar surface area (TPSA) is 40.6 Å². The van der Waals surface area contributed by atoms with E-state index in [0.29, 0.717) is 17.1 Å². The van der Waals surface area contributed by atoms with E-state index in [1.54, 1.807) is 40.5 Å². The molecule has 3 aromatic rings. The lowest BCUT2D eigenvalue weighted by Crippen LogP contribution is -2.49. The third kappa shape index (κ3) is 5.52. The van der Waals surface area contributed by atoms with Crippen LogP contribution < -0.4 is 0 Å². The Bertz CT molecular complexity index is 1230. The zero-order valence-corrected chi connectivity index (χ0v) is 23.3. The Balaban J connectivity index is 1.65. The van der Waals surface area contributed by atoms with Crippen LogP contribution in [-0.2, 0) is 16.6 Å². The van der Waals surface area contributed by atoms with E-state index >= 15 is 0 Å². The third-order valence-electron chi connectivity index (χ3n) is 7.14. The monoisotopic (exact) mass is 522 g/mol. The Hall–Kier alpha value is -2.63. The Kier molecular flexibility index (Phi) is 7.91. The molecule has 0 radical (unpaired) electrons. The lowest BCUT2D eigenvalue weighted by Gasteiger charge is -2.38. The molecule has 2 amide bonds. The van der Waals surface area contributed by atoms with Gasteiger partial charge in [0, 0.05) is 28.0 Å². The Labute approximate surface area is 223 Å². The maximum absolute atomic E-state index is 13.9. The molecule has 1 aromatic heterocycles. The standard InChI is InChI=1S/C30H35ClN2O2S/c1-6-20(2)33(29(35)22-8-7-9-24(31)18-22)19-27(34)32-16-14-26-25(15-17-36-26)28(32)21-10-12-23(13-11-21)30(3,4)5/h7-13,15,17-18,20,28H,6,14,16,19H2,1-5H3. The van der Waals surface area contributed by atoms with Crippen molar-refractivity contribution in [1.82, 2.24) is 9.80 Å². The lowest BCUT2D eigenvalue weighted by molar-refractivity contribution is -0.134. The first-order valence-electron chi connectivity index (χ1n) is 12.6. The van der Waals surface area contributed by atoms with E-state index < -0.39 is 0 Å². The SMILES string of the molecule is CCC(C)N(CC(=O)N1CCc2sccc2C1c1ccc(C(C)(C)C)cc1)C(=O)c1cccc(Cl)c1. The van der Waals surface area contributed by atoms with Gasteiger partial charge in [-0.2, -0.15) is 0 Å². The molecule has 0 N–H and O–H groups in total. The Morgan fingerprint density at radius 3 is 2.50 bits per heavy atom. The van der Waals surface area contributed by atoms with E-state index in [9.17, 15) is 9.59 Å². The molecule has 2 unspecified atom stereocenters. The van der Waals surface area contributed by atoms with Gasteiger partial charge in [0.1, 0.15) is 6.54 Å². The van der Waals surface area contributed by atoms with Crippen molar-refractivity contribution in [2.24, 2.45) is 0 Å². The molecule has 0 saturated carbocycles. The molecule has 0 aliphatic carbocycles. The summed E-state index contributed by atoms with van der Waals surface area (Å²) >= 11 is 7.91. The first-order valence-corrected chi connectivity index (χ1v) is 13.9. The minimum absolute atomic E-state index is 0.0348. The van der Waals surface area contributed by atoms with Crippen LogP contribution >= 0.6 is 22.9 Å². The average Bonchev–Trinajstić information content (AvgIpc) is 3.34. The molecule has 2 heterocycles. The van der Waals surface area contributed by atoms with Gasteiger partial charge in [-0.1, -0.05) is 69.6 Å². The van der Waals surface area contributed by atoms with Crippen LogP contribution in [0.2, 0.25) is 5.02 Å². The fourth-order valence-corrected chi connectivity index (χ4v) is 5.88. The van der Waals surface area contributed by atoms with Crippen molar-refractivity contribution >= 4 is 34.8 Å². The van der Waals surface area contributed by atoms with Gasteiger partial charge in [0.25, 0.3) is 5.91 Å². The van der Waals surface area contributed by atoms with Gasteiger partial charge < -0.3 is 9.80 Å². The minimum atomic E-state index is -0.167. The summed E-state index contributed by atoms with van der Waals surface area (Å²) in [6.45, 7) is 11.3. The summed E-state index contributed by atoms with van der Waals surface area (Å²) in [5.74, 6) is -0.202. The predicted octanol–water partition coefficient (Wildman–Crippen LogP) is 7.11. The van der Waals surface area contributed by atoms with Crippen LogP contribution in [0.25, 0.3) is 0 Å². The van der Waals surface area contributed by atoms with Crippen molar-refractivity contribution in [3.63, 3.8) is 0 Å². The summed E-state index contributed by atoms with van der Waals surface area (Å²) in [4.78, 5) is 32.3. The molecule has 1 aliphatic rings. The van der Waals surface area contributed by atoms with Gasteiger partial charge in [-0.05, 0) is 71.5 Å². The molecular weight excluding hydrogens is 488 g/mol. The van der Waals surface area contributed by atoms with Crippen LogP contribution in [0.5, 0.6) is 0 Å². The lowest BCUT2D eigenvalue weighted by atomic mass is 9.85. The van der Waals surface area contributed by atoms with E-state index in [1.807, 2.05) is 18.7 Å². The van der Waals surface area contributed by atoms with Gasteiger partial charge in [-0.15, -0.1) is 11.3 Å². The summed E-state index contributed by atoms with van der Waals surface area (Å²) in [5.41, 5.74) is 4.13. The molecule has 1 aliphatic heterocycles. The maximum Gasteiger partial charge on any atom is 0.254 e. The number of rotatable bonds is 6. The highest BCUT2D eigenvalue weighted by atomic mass is 35.5. The second-order valence-electron chi connectivity index (χ2n) is 10.6. The summed E-state index contributed by atoms with van der Waals surface area (Å²) < 4.78 is 0. The summed E-state index contributed by atoms with van der Waals surface area (Å²) in [7, 11) is 0. The number of carbonyl (C=O) groups is 2. The van der Waals surface area contributed by atoms with Crippen LogP contribution in [-0.4, -0.2) is 40.7 Å². The fraction of sp³-hybridized carbons (Fsp3) is 0.400.